The Balaban J connectivity index is 2.06. The molecule has 0 aliphatic rings. The van der Waals surface area contributed by atoms with Crippen LogP contribution in [0.25, 0.3) is 0 Å². The molecule has 0 aliphatic heterocycles. The van der Waals surface area contributed by atoms with Crippen LogP contribution >= 0.6 is 11.3 Å². The Hall–Kier alpha value is -2.28. The summed E-state index contributed by atoms with van der Waals surface area (Å²) in [6.07, 6.45) is 0. The van der Waals surface area contributed by atoms with Gasteiger partial charge in [0.2, 0.25) is 5.91 Å². The van der Waals surface area contributed by atoms with Crippen LogP contribution in [0.1, 0.15) is 42.0 Å². The fraction of sp³-hybridized carbons (Fsp3) is 0.333. The van der Waals surface area contributed by atoms with Crippen molar-refractivity contribution >= 4 is 23.2 Å². The van der Waals surface area contributed by atoms with Gasteiger partial charge in [-0.05, 0) is 42.0 Å². The first-order chi connectivity index (χ1) is 11.8. The van der Waals surface area contributed by atoms with Crippen molar-refractivity contribution in [1.29, 1.82) is 0 Å². The lowest BCUT2D eigenvalue weighted by Gasteiger charge is -2.24. The normalized spacial score (nSPS) is 13.4. The summed E-state index contributed by atoms with van der Waals surface area (Å²) in [5, 5.41) is 7.24. The van der Waals surface area contributed by atoms with E-state index in [9.17, 15) is 18.4 Å². The molecule has 1 aromatic heterocycles. The Kier molecular flexibility index (Phi) is 6.25. The number of nitrogens with one attached hydrogen (secondary N) is 2. The number of rotatable bonds is 6. The number of benzene rings is 1. The van der Waals surface area contributed by atoms with Crippen molar-refractivity contribution in [2.45, 2.75) is 32.9 Å². The van der Waals surface area contributed by atoms with E-state index in [4.69, 9.17) is 0 Å². The van der Waals surface area contributed by atoms with Crippen LogP contribution in [0.2, 0.25) is 0 Å². The zero-order valence-corrected chi connectivity index (χ0v) is 15.0. The van der Waals surface area contributed by atoms with Gasteiger partial charge in [0.05, 0.1) is 10.9 Å². The SMILES string of the molecule is CC(NC(=O)C(NC(=O)c1cccs1)C(C)C)c1ccc(F)c(F)c1. The maximum absolute atomic E-state index is 13.3. The van der Waals surface area contributed by atoms with E-state index in [1.165, 1.54) is 17.4 Å². The van der Waals surface area contributed by atoms with E-state index in [0.29, 0.717) is 10.4 Å². The summed E-state index contributed by atoms with van der Waals surface area (Å²) in [5.41, 5.74) is 0.444. The highest BCUT2D eigenvalue weighted by Crippen LogP contribution is 2.17. The molecule has 0 saturated heterocycles. The predicted molar refractivity (Wildman–Crippen MR) is 93.3 cm³/mol. The lowest BCUT2D eigenvalue weighted by Crippen LogP contribution is -2.50. The van der Waals surface area contributed by atoms with Crippen LogP contribution in [-0.4, -0.2) is 17.9 Å². The number of halogens is 2. The Labute approximate surface area is 149 Å². The third-order valence-electron chi connectivity index (χ3n) is 3.78. The number of hydrogen-bond acceptors (Lipinski definition) is 3. The summed E-state index contributed by atoms with van der Waals surface area (Å²) in [6.45, 7) is 5.31. The van der Waals surface area contributed by atoms with E-state index in [2.05, 4.69) is 10.6 Å². The average Bonchev–Trinajstić information content (AvgIpc) is 3.09. The van der Waals surface area contributed by atoms with Gasteiger partial charge >= 0.3 is 0 Å². The topological polar surface area (TPSA) is 58.2 Å². The molecule has 25 heavy (non-hydrogen) atoms. The summed E-state index contributed by atoms with van der Waals surface area (Å²) in [6, 6.07) is 5.66. The molecule has 2 amide bonds. The van der Waals surface area contributed by atoms with Crippen LogP contribution in [-0.2, 0) is 4.79 Å². The number of amides is 2. The monoisotopic (exact) mass is 366 g/mol. The van der Waals surface area contributed by atoms with Gasteiger partial charge in [-0.15, -0.1) is 11.3 Å². The van der Waals surface area contributed by atoms with Gasteiger partial charge in [-0.3, -0.25) is 9.59 Å². The smallest absolute Gasteiger partial charge is 0.262 e. The second-order valence-electron chi connectivity index (χ2n) is 6.08. The first-order valence-corrected chi connectivity index (χ1v) is 8.77. The standard InChI is InChI=1S/C18H20F2N2O2S/c1-10(2)16(22-17(23)15-5-4-8-25-15)18(24)21-11(3)12-6-7-13(19)14(20)9-12/h4-11,16H,1-3H3,(H,21,24)(H,22,23). The molecule has 0 aliphatic carbocycles. The highest BCUT2D eigenvalue weighted by molar-refractivity contribution is 7.12. The molecule has 2 unspecified atom stereocenters. The zero-order valence-electron chi connectivity index (χ0n) is 14.2. The summed E-state index contributed by atoms with van der Waals surface area (Å²) in [4.78, 5) is 25.2. The van der Waals surface area contributed by atoms with E-state index >= 15 is 0 Å². The van der Waals surface area contributed by atoms with Crippen molar-refractivity contribution in [1.82, 2.24) is 10.6 Å². The number of thiophene rings is 1. The van der Waals surface area contributed by atoms with Crippen molar-refractivity contribution in [2.24, 2.45) is 5.92 Å². The van der Waals surface area contributed by atoms with Gasteiger partial charge in [0.1, 0.15) is 6.04 Å². The molecule has 0 bridgehead atoms. The molecule has 1 aromatic carbocycles. The van der Waals surface area contributed by atoms with Crippen LogP contribution in [0, 0.1) is 17.6 Å². The molecule has 2 atom stereocenters. The Morgan fingerprint density at radius 3 is 2.32 bits per heavy atom. The summed E-state index contributed by atoms with van der Waals surface area (Å²) < 4.78 is 26.4. The van der Waals surface area contributed by atoms with Crippen molar-refractivity contribution < 1.29 is 18.4 Å². The maximum atomic E-state index is 13.3. The van der Waals surface area contributed by atoms with E-state index in [1.54, 1.807) is 24.4 Å². The van der Waals surface area contributed by atoms with Gasteiger partial charge in [0.25, 0.3) is 5.91 Å². The fourth-order valence-electron chi connectivity index (χ4n) is 2.32. The second kappa shape index (κ2) is 8.20. The second-order valence-corrected chi connectivity index (χ2v) is 7.02. The summed E-state index contributed by atoms with van der Waals surface area (Å²) in [5.74, 6) is -2.74. The quantitative estimate of drug-likeness (QED) is 0.820. The Morgan fingerprint density at radius 2 is 1.76 bits per heavy atom. The van der Waals surface area contributed by atoms with Gasteiger partial charge in [-0.25, -0.2) is 8.78 Å². The zero-order chi connectivity index (χ0) is 18.6. The Morgan fingerprint density at radius 1 is 1.04 bits per heavy atom. The molecule has 2 aromatic rings. The van der Waals surface area contributed by atoms with Crippen LogP contribution in [0.5, 0.6) is 0 Å². The largest absolute Gasteiger partial charge is 0.348 e. The van der Waals surface area contributed by atoms with Gasteiger partial charge in [-0.1, -0.05) is 26.0 Å². The van der Waals surface area contributed by atoms with Crippen LogP contribution in [0.3, 0.4) is 0 Å². The number of carbonyl (C=O) groups is 2. The van der Waals surface area contributed by atoms with E-state index in [-0.39, 0.29) is 17.7 Å². The number of hydrogen-bond donors (Lipinski definition) is 2. The fourth-order valence-corrected chi connectivity index (χ4v) is 2.95. The minimum Gasteiger partial charge on any atom is -0.348 e. The van der Waals surface area contributed by atoms with E-state index < -0.39 is 23.7 Å². The van der Waals surface area contributed by atoms with Crippen molar-refractivity contribution in [3.63, 3.8) is 0 Å². The molecule has 134 valence electrons. The maximum Gasteiger partial charge on any atom is 0.262 e. The summed E-state index contributed by atoms with van der Waals surface area (Å²) in [7, 11) is 0. The minimum atomic E-state index is -0.968. The molecule has 0 fully saturated rings. The third-order valence-corrected chi connectivity index (χ3v) is 4.65. The molecule has 2 rings (SSSR count). The van der Waals surface area contributed by atoms with Crippen LogP contribution in [0.15, 0.2) is 35.7 Å². The van der Waals surface area contributed by atoms with E-state index in [0.717, 1.165) is 12.1 Å². The van der Waals surface area contributed by atoms with Crippen molar-refractivity contribution in [3.8, 4) is 0 Å². The lowest BCUT2D eigenvalue weighted by atomic mass is 10.0. The Bertz CT molecular complexity index is 748. The molecule has 2 N–H and O–H groups in total. The predicted octanol–water partition coefficient (Wildman–Crippen LogP) is 3.66. The molecule has 4 nitrogen and oxygen atoms in total. The first-order valence-electron chi connectivity index (χ1n) is 7.89. The third kappa shape index (κ3) is 4.85. The van der Waals surface area contributed by atoms with Gasteiger partial charge in [-0.2, -0.15) is 0 Å². The lowest BCUT2D eigenvalue weighted by molar-refractivity contribution is -0.124. The van der Waals surface area contributed by atoms with Gasteiger partial charge in [0.15, 0.2) is 11.6 Å². The first kappa shape index (κ1) is 19.1. The van der Waals surface area contributed by atoms with E-state index in [1.807, 2.05) is 13.8 Å². The van der Waals surface area contributed by atoms with Crippen LogP contribution in [0.4, 0.5) is 8.78 Å². The molecule has 7 heteroatoms. The highest BCUT2D eigenvalue weighted by atomic mass is 32.1. The molecule has 0 spiro atoms. The van der Waals surface area contributed by atoms with Crippen molar-refractivity contribution in [3.05, 3.63) is 57.8 Å². The molecular formula is C18H20F2N2O2S. The van der Waals surface area contributed by atoms with Crippen LogP contribution < -0.4 is 10.6 Å². The average molecular weight is 366 g/mol. The number of carbonyl (C=O) groups excluding carboxylic acids is 2. The molecular weight excluding hydrogens is 346 g/mol. The summed E-state index contributed by atoms with van der Waals surface area (Å²) >= 11 is 1.29. The van der Waals surface area contributed by atoms with Gasteiger partial charge < -0.3 is 10.6 Å². The molecule has 0 saturated carbocycles. The minimum absolute atomic E-state index is 0.138. The molecule has 0 radical (unpaired) electrons. The highest BCUT2D eigenvalue weighted by Gasteiger charge is 2.26. The van der Waals surface area contributed by atoms with Gasteiger partial charge in [0, 0.05) is 0 Å². The molecule has 1 heterocycles. The van der Waals surface area contributed by atoms with Crippen molar-refractivity contribution in [2.75, 3.05) is 0 Å².